The van der Waals surface area contributed by atoms with Gasteiger partial charge in [0, 0.05) is 51.4 Å². The molecule has 2 fully saturated rings. The maximum absolute atomic E-state index is 12.6. The monoisotopic (exact) mass is 330 g/mol. The van der Waals surface area contributed by atoms with Gasteiger partial charge in [-0.2, -0.15) is 0 Å². The molecule has 0 spiro atoms. The number of rotatable bonds is 5. The Morgan fingerprint density at radius 3 is 2.50 bits per heavy atom. The van der Waals surface area contributed by atoms with E-state index in [1.165, 1.54) is 5.56 Å². The molecule has 0 radical (unpaired) electrons. The molecule has 2 aliphatic rings. The molecule has 2 heterocycles. The highest BCUT2D eigenvalue weighted by atomic mass is 16.2. The number of nitrogens with zero attached hydrogens (tertiary/aromatic N) is 3. The first kappa shape index (κ1) is 17.4. The summed E-state index contributed by atoms with van der Waals surface area (Å²) < 4.78 is 0. The van der Waals surface area contributed by atoms with E-state index in [0.29, 0.717) is 5.92 Å². The zero-order valence-corrected chi connectivity index (χ0v) is 15.0. The summed E-state index contributed by atoms with van der Waals surface area (Å²) in [4.78, 5) is 19.5. The lowest BCUT2D eigenvalue weighted by Crippen LogP contribution is -2.43. The molecule has 0 aromatic heterocycles. The number of carbonyl (C=O) groups excluding carboxylic acids is 1. The average molecular weight is 330 g/mol. The molecular formula is C19H30N4O. The van der Waals surface area contributed by atoms with Crippen LogP contribution in [0.15, 0.2) is 24.3 Å². The molecule has 3 rings (SSSR count). The van der Waals surface area contributed by atoms with Gasteiger partial charge in [-0.1, -0.05) is 12.1 Å². The van der Waals surface area contributed by atoms with E-state index in [2.05, 4.69) is 34.3 Å². The molecule has 0 bridgehead atoms. The summed E-state index contributed by atoms with van der Waals surface area (Å²) in [5.74, 6) is 0.773. The van der Waals surface area contributed by atoms with Gasteiger partial charge in [0.15, 0.2) is 0 Å². The van der Waals surface area contributed by atoms with Crippen LogP contribution in [-0.2, 0) is 6.54 Å². The molecule has 5 nitrogen and oxygen atoms in total. The number of hydrogen-bond acceptors (Lipinski definition) is 4. The lowest BCUT2D eigenvalue weighted by molar-refractivity contribution is 0.0787. The highest BCUT2D eigenvalue weighted by Crippen LogP contribution is 2.19. The number of amides is 1. The van der Waals surface area contributed by atoms with Gasteiger partial charge in [0.2, 0.25) is 0 Å². The van der Waals surface area contributed by atoms with E-state index in [1.807, 2.05) is 24.1 Å². The number of likely N-dealkylation sites (N-methyl/N-ethyl adjacent to an activating group) is 1. The van der Waals surface area contributed by atoms with Crippen molar-refractivity contribution in [2.75, 3.05) is 59.9 Å². The van der Waals surface area contributed by atoms with E-state index in [-0.39, 0.29) is 5.91 Å². The zero-order valence-electron chi connectivity index (χ0n) is 15.0. The van der Waals surface area contributed by atoms with E-state index >= 15 is 0 Å². The fraction of sp³-hybridized carbons (Fsp3) is 0.632. The molecular weight excluding hydrogens is 300 g/mol. The van der Waals surface area contributed by atoms with Crippen LogP contribution in [0.25, 0.3) is 0 Å². The Kier molecular flexibility index (Phi) is 5.87. The topological polar surface area (TPSA) is 38.8 Å². The van der Waals surface area contributed by atoms with Crippen molar-refractivity contribution in [1.29, 1.82) is 0 Å². The molecule has 1 atom stereocenters. The van der Waals surface area contributed by atoms with E-state index in [9.17, 15) is 4.79 Å². The molecule has 2 aliphatic heterocycles. The van der Waals surface area contributed by atoms with Crippen LogP contribution in [0.2, 0.25) is 0 Å². The van der Waals surface area contributed by atoms with Crippen molar-refractivity contribution in [2.24, 2.45) is 5.92 Å². The van der Waals surface area contributed by atoms with Gasteiger partial charge in [-0.15, -0.1) is 0 Å². The van der Waals surface area contributed by atoms with Crippen LogP contribution in [0.4, 0.5) is 0 Å². The highest BCUT2D eigenvalue weighted by Gasteiger charge is 2.26. The van der Waals surface area contributed by atoms with Gasteiger partial charge in [0.1, 0.15) is 0 Å². The van der Waals surface area contributed by atoms with Crippen LogP contribution in [0.1, 0.15) is 22.3 Å². The van der Waals surface area contributed by atoms with Gasteiger partial charge < -0.3 is 15.1 Å². The van der Waals surface area contributed by atoms with Crippen molar-refractivity contribution in [3.8, 4) is 0 Å². The SMILES string of the molecule is CNCC1CCN(C(=O)c2ccc(CN3CCN(C)CC3)cc2)C1. The summed E-state index contributed by atoms with van der Waals surface area (Å²) in [5, 5.41) is 3.21. The molecule has 1 amide bonds. The van der Waals surface area contributed by atoms with Gasteiger partial charge in [0.05, 0.1) is 0 Å². The van der Waals surface area contributed by atoms with Crippen molar-refractivity contribution < 1.29 is 4.79 Å². The summed E-state index contributed by atoms with van der Waals surface area (Å²) in [7, 11) is 4.15. The Labute approximate surface area is 145 Å². The standard InChI is InChI=1S/C19H30N4O/c1-20-13-17-7-8-23(15-17)19(24)18-5-3-16(4-6-18)14-22-11-9-21(2)10-12-22/h3-6,17,20H,7-15H2,1-2H3. The molecule has 5 heteroatoms. The third-order valence-corrected chi connectivity index (χ3v) is 5.27. The van der Waals surface area contributed by atoms with E-state index in [4.69, 9.17) is 0 Å². The number of carbonyl (C=O) groups is 1. The Morgan fingerprint density at radius 2 is 1.83 bits per heavy atom. The van der Waals surface area contributed by atoms with Crippen molar-refractivity contribution in [3.05, 3.63) is 35.4 Å². The minimum Gasteiger partial charge on any atom is -0.338 e. The number of piperazine rings is 1. The van der Waals surface area contributed by atoms with E-state index in [0.717, 1.165) is 64.3 Å². The molecule has 24 heavy (non-hydrogen) atoms. The average Bonchev–Trinajstić information content (AvgIpc) is 3.06. The van der Waals surface area contributed by atoms with Crippen molar-refractivity contribution in [1.82, 2.24) is 20.0 Å². The lowest BCUT2D eigenvalue weighted by Gasteiger charge is -2.32. The summed E-state index contributed by atoms with van der Waals surface area (Å²) in [6.07, 6.45) is 1.11. The number of benzene rings is 1. The van der Waals surface area contributed by atoms with Crippen LogP contribution >= 0.6 is 0 Å². The van der Waals surface area contributed by atoms with Crippen LogP contribution in [0.5, 0.6) is 0 Å². The Morgan fingerprint density at radius 1 is 1.12 bits per heavy atom. The molecule has 0 saturated carbocycles. The van der Waals surface area contributed by atoms with Crippen LogP contribution in [-0.4, -0.2) is 80.5 Å². The second-order valence-corrected chi connectivity index (χ2v) is 7.24. The molecule has 1 unspecified atom stereocenters. The molecule has 1 aromatic carbocycles. The van der Waals surface area contributed by atoms with Crippen molar-refractivity contribution >= 4 is 5.91 Å². The third kappa shape index (κ3) is 4.35. The maximum Gasteiger partial charge on any atom is 0.253 e. The molecule has 132 valence electrons. The number of hydrogen-bond donors (Lipinski definition) is 1. The van der Waals surface area contributed by atoms with Gasteiger partial charge in [-0.3, -0.25) is 9.69 Å². The Balaban J connectivity index is 1.53. The van der Waals surface area contributed by atoms with Crippen molar-refractivity contribution in [2.45, 2.75) is 13.0 Å². The molecule has 2 saturated heterocycles. The zero-order chi connectivity index (χ0) is 16.9. The van der Waals surface area contributed by atoms with E-state index < -0.39 is 0 Å². The Hall–Kier alpha value is -1.43. The van der Waals surface area contributed by atoms with Gasteiger partial charge >= 0.3 is 0 Å². The van der Waals surface area contributed by atoms with Crippen LogP contribution in [0, 0.1) is 5.92 Å². The first-order chi connectivity index (χ1) is 11.7. The number of likely N-dealkylation sites (tertiary alicyclic amines) is 1. The molecule has 0 aliphatic carbocycles. The maximum atomic E-state index is 12.6. The molecule has 1 N–H and O–H groups in total. The quantitative estimate of drug-likeness (QED) is 0.878. The summed E-state index contributed by atoms with van der Waals surface area (Å²) in [6.45, 7) is 8.26. The normalized spacial score (nSPS) is 22.9. The summed E-state index contributed by atoms with van der Waals surface area (Å²) in [5.41, 5.74) is 2.12. The first-order valence-electron chi connectivity index (χ1n) is 9.09. The minimum atomic E-state index is 0.180. The van der Waals surface area contributed by atoms with Crippen LogP contribution < -0.4 is 5.32 Å². The Bertz CT molecular complexity index is 537. The van der Waals surface area contributed by atoms with Gasteiger partial charge in [0.25, 0.3) is 5.91 Å². The van der Waals surface area contributed by atoms with E-state index in [1.54, 1.807) is 0 Å². The summed E-state index contributed by atoms with van der Waals surface area (Å²) >= 11 is 0. The summed E-state index contributed by atoms with van der Waals surface area (Å²) in [6, 6.07) is 8.23. The number of nitrogens with one attached hydrogen (secondary N) is 1. The first-order valence-corrected chi connectivity index (χ1v) is 9.09. The van der Waals surface area contributed by atoms with Gasteiger partial charge in [-0.05, 0) is 50.7 Å². The lowest BCUT2D eigenvalue weighted by atomic mass is 10.1. The largest absolute Gasteiger partial charge is 0.338 e. The second-order valence-electron chi connectivity index (χ2n) is 7.24. The fourth-order valence-corrected chi connectivity index (χ4v) is 3.67. The fourth-order valence-electron chi connectivity index (χ4n) is 3.67. The highest BCUT2D eigenvalue weighted by molar-refractivity contribution is 5.94. The smallest absolute Gasteiger partial charge is 0.253 e. The van der Waals surface area contributed by atoms with Crippen LogP contribution in [0.3, 0.4) is 0 Å². The third-order valence-electron chi connectivity index (χ3n) is 5.27. The molecule has 1 aromatic rings. The van der Waals surface area contributed by atoms with Gasteiger partial charge in [-0.25, -0.2) is 0 Å². The second kappa shape index (κ2) is 8.10. The minimum absolute atomic E-state index is 0.180. The predicted octanol–water partition coefficient (Wildman–Crippen LogP) is 1.12. The predicted molar refractivity (Wildman–Crippen MR) is 97.2 cm³/mol. The van der Waals surface area contributed by atoms with Crippen molar-refractivity contribution in [3.63, 3.8) is 0 Å².